The lowest BCUT2D eigenvalue weighted by Crippen LogP contribution is -2.31. The van der Waals surface area contributed by atoms with Crippen LogP contribution in [0.15, 0.2) is 41.7 Å². The number of anilines is 2. The number of carbonyl (C=O) groups is 1. The summed E-state index contributed by atoms with van der Waals surface area (Å²) in [6.45, 7) is 3.14. The molecular weight excluding hydrogens is 466 g/mol. The van der Waals surface area contributed by atoms with Gasteiger partial charge in [-0.25, -0.2) is 13.8 Å². The van der Waals surface area contributed by atoms with Gasteiger partial charge >= 0.3 is 0 Å². The lowest BCUT2D eigenvalue weighted by atomic mass is 10.0. The number of nitrogens with two attached hydrogens (primary N) is 1. The largest absolute Gasteiger partial charge is 0.383 e. The lowest BCUT2D eigenvalue weighted by molar-refractivity contribution is 0.102. The van der Waals surface area contributed by atoms with Gasteiger partial charge in [-0.1, -0.05) is 25.0 Å². The normalized spacial score (nSPS) is 16.8. The molecule has 2 atom stereocenters. The highest BCUT2D eigenvalue weighted by molar-refractivity contribution is 6.06. The van der Waals surface area contributed by atoms with E-state index in [2.05, 4.69) is 20.6 Å². The molecule has 0 unspecified atom stereocenters. The van der Waals surface area contributed by atoms with Crippen LogP contribution in [0.4, 0.5) is 20.3 Å². The van der Waals surface area contributed by atoms with Crippen molar-refractivity contribution in [2.24, 2.45) is 0 Å². The molecule has 1 fully saturated rings. The molecule has 1 saturated heterocycles. The van der Waals surface area contributed by atoms with Gasteiger partial charge in [0.1, 0.15) is 24.4 Å². The topological polar surface area (TPSA) is 115 Å². The number of hydrogen-bond acceptors (Lipinski definition) is 6. The van der Waals surface area contributed by atoms with Gasteiger partial charge in [0.25, 0.3) is 11.5 Å². The predicted octanol–water partition coefficient (Wildman–Crippen LogP) is 4.26. The van der Waals surface area contributed by atoms with Gasteiger partial charge in [0.2, 0.25) is 0 Å². The second kappa shape index (κ2) is 10.9. The molecule has 1 amide bonds. The van der Waals surface area contributed by atoms with Gasteiger partial charge in [-0.2, -0.15) is 0 Å². The number of nitrogens with one attached hydrogen (secondary N) is 2. The van der Waals surface area contributed by atoms with E-state index >= 15 is 0 Å². The van der Waals surface area contributed by atoms with Crippen LogP contribution in [0.1, 0.15) is 70.5 Å². The first-order valence-electron chi connectivity index (χ1n) is 12.0. The van der Waals surface area contributed by atoms with Crippen molar-refractivity contribution in [3.8, 4) is 5.69 Å². The third kappa shape index (κ3) is 5.28. The van der Waals surface area contributed by atoms with Crippen molar-refractivity contribution in [1.82, 2.24) is 19.9 Å². The average Bonchev–Trinajstić information content (AvgIpc) is 3.14. The minimum atomic E-state index is -1.75. The standard InChI is InChI=1S/C26H30F2N6O2/c1-15-8-17(20(28)11-27)9-16(2)23(15)34-14-32-24(29)22(26(34)36)25(35)33-19-10-18(12-30-13-19)21-6-4-3-5-7-31-21/h8-10,12-14,20-21,31H,3-7,11,29H2,1-2H3,(H,33,35)/t20-,21-/m1/s1. The molecule has 0 radical (unpaired) electrons. The number of rotatable bonds is 6. The van der Waals surface area contributed by atoms with Crippen LogP contribution in [0.3, 0.4) is 0 Å². The smallest absolute Gasteiger partial charge is 0.272 e. The van der Waals surface area contributed by atoms with Crippen LogP contribution >= 0.6 is 0 Å². The highest BCUT2D eigenvalue weighted by Gasteiger charge is 2.22. The monoisotopic (exact) mass is 496 g/mol. The maximum atomic E-state index is 13.9. The SMILES string of the molecule is Cc1cc([C@H](F)CF)cc(C)c1-n1cnc(N)c(C(=O)Nc2cncc([C@H]3CCCCCN3)c2)c1=O. The zero-order valence-corrected chi connectivity index (χ0v) is 20.4. The zero-order chi connectivity index (χ0) is 25.8. The summed E-state index contributed by atoms with van der Waals surface area (Å²) >= 11 is 0. The molecule has 1 aliphatic rings. The van der Waals surface area contributed by atoms with Crippen molar-refractivity contribution in [1.29, 1.82) is 0 Å². The Hall–Kier alpha value is -3.66. The van der Waals surface area contributed by atoms with Crippen molar-refractivity contribution in [3.63, 3.8) is 0 Å². The lowest BCUT2D eigenvalue weighted by Gasteiger charge is -2.17. The molecular formula is C26H30F2N6O2. The first-order chi connectivity index (χ1) is 17.3. The third-order valence-electron chi connectivity index (χ3n) is 6.46. The quantitative estimate of drug-likeness (QED) is 0.470. The number of benzene rings is 1. The summed E-state index contributed by atoms with van der Waals surface area (Å²) in [5.41, 5.74) is 8.04. The van der Waals surface area contributed by atoms with Crippen molar-refractivity contribution >= 4 is 17.4 Å². The fraction of sp³-hybridized carbons (Fsp3) is 0.385. The Morgan fingerprint density at radius 2 is 1.97 bits per heavy atom. The van der Waals surface area contributed by atoms with E-state index in [-0.39, 0.29) is 23.0 Å². The van der Waals surface area contributed by atoms with Gasteiger partial charge in [-0.05, 0) is 61.6 Å². The summed E-state index contributed by atoms with van der Waals surface area (Å²) in [6, 6.07) is 4.94. The highest BCUT2D eigenvalue weighted by atomic mass is 19.2. The van der Waals surface area contributed by atoms with Gasteiger partial charge in [0.05, 0.1) is 17.6 Å². The number of carbonyl (C=O) groups excluding carboxylic acids is 1. The molecule has 8 nitrogen and oxygen atoms in total. The van der Waals surface area contributed by atoms with Crippen molar-refractivity contribution in [2.75, 3.05) is 24.3 Å². The number of hydrogen-bond donors (Lipinski definition) is 3. The maximum Gasteiger partial charge on any atom is 0.272 e. The Balaban J connectivity index is 1.65. The molecule has 3 heterocycles. The van der Waals surface area contributed by atoms with Gasteiger partial charge in [-0.15, -0.1) is 0 Å². The van der Waals surface area contributed by atoms with E-state index < -0.39 is 24.3 Å². The van der Waals surface area contributed by atoms with E-state index in [4.69, 9.17) is 5.73 Å². The van der Waals surface area contributed by atoms with Crippen LogP contribution in [-0.4, -0.2) is 33.7 Å². The fourth-order valence-corrected chi connectivity index (χ4v) is 4.70. The van der Waals surface area contributed by atoms with Gasteiger partial charge in [0, 0.05) is 12.2 Å². The third-order valence-corrected chi connectivity index (χ3v) is 6.46. The summed E-state index contributed by atoms with van der Waals surface area (Å²) in [6.07, 6.45) is 7.14. The molecule has 0 spiro atoms. The minimum Gasteiger partial charge on any atom is -0.383 e. The molecule has 4 rings (SSSR count). The van der Waals surface area contributed by atoms with Crippen molar-refractivity contribution < 1.29 is 13.6 Å². The number of aryl methyl sites for hydroxylation is 2. The first-order valence-corrected chi connectivity index (χ1v) is 12.0. The second-order valence-electron chi connectivity index (χ2n) is 9.12. The summed E-state index contributed by atoms with van der Waals surface area (Å²) in [4.78, 5) is 34.8. The Kier molecular flexibility index (Phi) is 7.73. The van der Waals surface area contributed by atoms with E-state index in [1.54, 1.807) is 20.0 Å². The molecule has 0 bridgehead atoms. The zero-order valence-electron chi connectivity index (χ0n) is 20.4. The Labute approximate surface area is 208 Å². The van der Waals surface area contributed by atoms with Gasteiger partial charge in [-0.3, -0.25) is 19.1 Å². The molecule has 36 heavy (non-hydrogen) atoms. The molecule has 2 aromatic heterocycles. The van der Waals surface area contributed by atoms with Crippen LogP contribution in [-0.2, 0) is 0 Å². The molecule has 10 heteroatoms. The Morgan fingerprint density at radius 1 is 1.22 bits per heavy atom. The molecule has 0 saturated carbocycles. The highest BCUT2D eigenvalue weighted by Crippen LogP contribution is 2.27. The number of alkyl halides is 2. The summed E-state index contributed by atoms with van der Waals surface area (Å²) in [5, 5.41) is 6.22. The Morgan fingerprint density at radius 3 is 2.69 bits per heavy atom. The van der Waals surface area contributed by atoms with Crippen LogP contribution in [0, 0.1) is 13.8 Å². The van der Waals surface area contributed by atoms with E-state index in [1.165, 1.54) is 35.6 Å². The summed E-state index contributed by atoms with van der Waals surface area (Å²) in [5.74, 6) is -0.920. The van der Waals surface area contributed by atoms with Crippen LogP contribution < -0.4 is 21.9 Å². The molecule has 0 aliphatic carbocycles. The number of nitrogen functional groups attached to an aromatic ring is 1. The first kappa shape index (κ1) is 25.4. The predicted molar refractivity (Wildman–Crippen MR) is 135 cm³/mol. The van der Waals surface area contributed by atoms with E-state index in [9.17, 15) is 18.4 Å². The van der Waals surface area contributed by atoms with Crippen LogP contribution in [0.5, 0.6) is 0 Å². The van der Waals surface area contributed by atoms with Crippen molar-refractivity contribution in [3.05, 3.63) is 75.1 Å². The van der Waals surface area contributed by atoms with Crippen molar-refractivity contribution in [2.45, 2.75) is 51.7 Å². The van der Waals surface area contributed by atoms with Gasteiger partial charge < -0.3 is 16.4 Å². The molecule has 4 N–H and O–H groups in total. The minimum absolute atomic E-state index is 0.146. The van der Waals surface area contributed by atoms with E-state index in [0.717, 1.165) is 31.4 Å². The summed E-state index contributed by atoms with van der Waals surface area (Å²) < 4.78 is 27.9. The number of aromatic nitrogens is 3. The van der Waals surface area contributed by atoms with Crippen LogP contribution in [0.25, 0.3) is 5.69 Å². The fourth-order valence-electron chi connectivity index (χ4n) is 4.70. The number of pyridine rings is 1. The maximum absolute atomic E-state index is 13.9. The molecule has 190 valence electrons. The average molecular weight is 497 g/mol. The molecule has 1 aromatic carbocycles. The number of nitrogens with zero attached hydrogens (tertiary/aromatic N) is 3. The van der Waals surface area contributed by atoms with Crippen LogP contribution in [0.2, 0.25) is 0 Å². The van der Waals surface area contributed by atoms with E-state index in [0.29, 0.717) is 22.5 Å². The summed E-state index contributed by atoms with van der Waals surface area (Å²) in [7, 11) is 0. The van der Waals surface area contributed by atoms with Gasteiger partial charge in [0.15, 0.2) is 6.17 Å². The molecule has 3 aromatic rings. The molecule has 1 aliphatic heterocycles. The second-order valence-corrected chi connectivity index (χ2v) is 9.12. The number of halogens is 2. The number of amides is 1. The van der Waals surface area contributed by atoms with E-state index in [1.807, 2.05) is 6.07 Å². The Bertz CT molecular complexity index is 1300.